The fraction of sp³-hybridized carbons (Fsp3) is 0.700. The van der Waals surface area contributed by atoms with Gasteiger partial charge in [0, 0.05) is 6.42 Å². The van der Waals surface area contributed by atoms with Crippen molar-refractivity contribution in [1.82, 2.24) is 0 Å². The van der Waals surface area contributed by atoms with Gasteiger partial charge in [0.1, 0.15) is 0 Å². The van der Waals surface area contributed by atoms with Crippen molar-refractivity contribution in [2.75, 3.05) is 0 Å². The molecule has 12 heavy (non-hydrogen) atoms. The summed E-state index contributed by atoms with van der Waals surface area (Å²) in [4.78, 5) is 11.5. The normalized spacial score (nSPS) is 15.3. The molecule has 0 bridgehead atoms. The van der Waals surface area contributed by atoms with Crippen LogP contribution < -0.4 is 5.73 Å². The Morgan fingerprint density at radius 2 is 2.00 bits per heavy atom. The molecule has 2 N–H and O–H groups in total. The van der Waals surface area contributed by atoms with Crippen LogP contribution in [0.2, 0.25) is 0 Å². The van der Waals surface area contributed by atoms with E-state index >= 15 is 0 Å². The summed E-state index contributed by atoms with van der Waals surface area (Å²) in [6, 6.07) is 0. The quantitative estimate of drug-likeness (QED) is 0.640. The molecular formula is C10H19NO. The Bertz CT molecular complexity index is 182. The number of Topliss-reactive ketones (excluding diaryl/α,β-unsaturated/α-hetero) is 1. The van der Waals surface area contributed by atoms with E-state index in [2.05, 4.69) is 6.58 Å². The molecule has 0 aliphatic heterocycles. The van der Waals surface area contributed by atoms with Crippen molar-refractivity contribution in [3.63, 3.8) is 0 Å². The second-order valence-electron chi connectivity index (χ2n) is 3.47. The van der Waals surface area contributed by atoms with E-state index in [0.717, 1.165) is 12.0 Å². The van der Waals surface area contributed by atoms with Crippen molar-refractivity contribution in [2.45, 2.75) is 45.6 Å². The monoisotopic (exact) mass is 169 g/mol. The van der Waals surface area contributed by atoms with Gasteiger partial charge in [-0.15, -0.1) is 0 Å². The number of ketones is 1. The molecule has 0 saturated carbocycles. The third kappa shape index (κ3) is 3.18. The first-order valence-corrected chi connectivity index (χ1v) is 4.42. The highest BCUT2D eigenvalue weighted by atomic mass is 16.1. The van der Waals surface area contributed by atoms with Crippen LogP contribution in [0.3, 0.4) is 0 Å². The predicted molar refractivity (Wildman–Crippen MR) is 51.9 cm³/mol. The number of carbonyl (C=O) groups is 1. The van der Waals surface area contributed by atoms with E-state index in [1.165, 1.54) is 0 Å². The Kier molecular flexibility index (Phi) is 4.18. The van der Waals surface area contributed by atoms with E-state index < -0.39 is 5.54 Å². The van der Waals surface area contributed by atoms with Crippen LogP contribution in [0, 0.1) is 0 Å². The summed E-state index contributed by atoms with van der Waals surface area (Å²) >= 11 is 0. The van der Waals surface area contributed by atoms with Gasteiger partial charge in [-0.25, -0.2) is 0 Å². The van der Waals surface area contributed by atoms with E-state index in [0.29, 0.717) is 12.8 Å². The van der Waals surface area contributed by atoms with Crippen molar-refractivity contribution in [1.29, 1.82) is 0 Å². The van der Waals surface area contributed by atoms with E-state index in [-0.39, 0.29) is 5.78 Å². The van der Waals surface area contributed by atoms with Crippen LogP contribution in [-0.4, -0.2) is 11.3 Å². The summed E-state index contributed by atoms with van der Waals surface area (Å²) in [6.07, 6.45) is 1.96. The summed E-state index contributed by atoms with van der Waals surface area (Å²) in [6.45, 7) is 9.48. The van der Waals surface area contributed by atoms with Gasteiger partial charge in [-0.3, -0.25) is 4.79 Å². The molecule has 1 atom stereocenters. The lowest BCUT2D eigenvalue weighted by Gasteiger charge is -2.21. The lowest BCUT2D eigenvalue weighted by molar-refractivity contribution is -0.123. The maximum atomic E-state index is 11.5. The zero-order chi connectivity index (χ0) is 9.78. The Hall–Kier alpha value is -0.630. The number of allylic oxidation sites excluding steroid dienone is 1. The van der Waals surface area contributed by atoms with E-state index in [9.17, 15) is 4.79 Å². The second kappa shape index (κ2) is 4.41. The molecule has 1 unspecified atom stereocenters. The third-order valence-corrected chi connectivity index (χ3v) is 2.28. The summed E-state index contributed by atoms with van der Waals surface area (Å²) in [5, 5.41) is 0. The fourth-order valence-corrected chi connectivity index (χ4v) is 0.751. The number of carbonyl (C=O) groups excluding carboxylic acids is 1. The van der Waals surface area contributed by atoms with Gasteiger partial charge in [-0.05, 0) is 19.8 Å². The van der Waals surface area contributed by atoms with Gasteiger partial charge in [0.25, 0.3) is 0 Å². The largest absolute Gasteiger partial charge is 0.319 e. The van der Waals surface area contributed by atoms with Crippen LogP contribution >= 0.6 is 0 Å². The lowest BCUT2D eigenvalue weighted by Crippen LogP contribution is -2.44. The van der Waals surface area contributed by atoms with Gasteiger partial charge in [0.15, 0.2) is 5.78 Å². The first-order valence-electron chi connectivity index (χ1n) is 4.42. The molecule has 0 aliphatic rings. The molecule has 0 aliphatic carbocycles. The molecule has 0 radical (unpaired) electrons. The van der Waals surface area contributed by atoms with Crippen molar-refractivity contribution < 1.29 is 4.79 Å². The number of nitrogens with two attached hydrogens (primary N) is 1. The predicted octanol–water partition coefficient (Wildman–Crippen LogP) is 2.04. The minimum Gasteiger partial charge on any atom is -0.319 e. The highest BCUT2D eigenvalue weighted by molar-refractivity contribution is 5.89. The van der Waals surface area contributed by atoms with Crippen LogP contribution in [0.4, 0.5) is 0 Å². The summed E-state index contributed by atoms with van der Waals surface area (Å²) in [7, 11) is 0. The fourth-order valence-electron chi connectivity index (χ4n) is 0.751. The molecule has 0 saturated heterocycles. The molecule has 0 aromatic rings. The molecule has 70 valence electrons. The van der Waals surface area contributed by atoms with Gasteiger partial charge >= 0.3 is 0 Å². The minimum atomic E-state index is -0.669. The first kappa shape index (κ1) is 11.4. The topological polar surface area (TPSA) is 43.1 Å². The van der Waals surface area contributed by atoms with Crippen LogP contribution in [0.25, 0.3) is 0 Å². The summed E-state index contributed by atoms with van der Waals surface area (Å²) in [5.41, 5.74) is 6.07. The standard InChI is InChI=1S/C10H19NO/c1-5-8(3)7-9(12)10(4,11)6-2/h3,5-7,11H2,1-2,4H3. The van der Waals surface area contributed by atoms with E-state index in [1.807, 2.05) is 13.8 Å². The highest BCUT2D eigenvalue weighted by Gasteiger charge is 2.25. The van der Waals surface area contributed by atoms with Gasteiger partial charge in [-0.1, -0.05) is 26.0 Å². The van der Waals surface area contributed by atoms with Gasteiger partial charge in [0.2, 0.25) is 0 Å². The van der Waals surface area contributed by atoms with Crippen LogP contribution in [0.5, 0.6) is 0 Å². The number of hydrogen-bond acceptors (Lipinski definition) is 2. The Labute approximate surface area is 74.8 Å². The van der Waals surface area contributed by atoms with E-state index in [1.54, 1.807) is 6.92 Å². The van der Waals surface area contributed by atoms with Crippen molar-refractivity contribution in [2.24, 2.45) is 5.73 Å². The molecule has 0 aromatic carbocycles. The maximum Gasteiger partial charge on any atom is 0.156 e. The van der Waals surface area contributed by atoms with Crippen molar-refractivity contribution >= 4 is 5.78 Å². The summed E-state index contributed by atoms with van der Waals surface area (Å²) < 4.78 is 0. The van der Waals surface area contributed by atoms with Gasteiger partial charge in [0.05, 0.1) is 5.54 Å². The minimum absolute atomic E-state index is 0.0943. The average molecular weight is 169 g/mol. The highest BCUT2D eigenvalue weighted by Crippen LogP contribution is 2.13. The second-order valence-corrected chi connectivity index (χ2v) is 3.47. The molecule has 0 rings (SSSR count). The SMILES string of the molecule is C=C(CC)CC(=O)C(C)(N)CC. The smallest absolute Gasteiger partial charge is 0.156 e. The van der Waals surface area contributed by atoms with Crippen LogP contribution in [0.15, 0.2) is 12.2 Å². The molecule has 0 heterocycles. The molecular weight excluding hydrogens is 150 g/mol. The number of rotatable bonds is 5. The maximum absolute atomic E-state index is 11.5. The zero-order valence-corrected chi connectivity index (χ0v) is 8.31. The Balaban J connectivity index is 4.13. The van der Waals surface area contributed by atoms with Crippen molar-refractivity contribution in [3.8, 4) is 0 Å². The molecule has 2 nitrogen and oxygen atoms in total. The molecule has 0 amide bonds. The molecule has 0 fully saturated rings. The first-order chi connectivity index (χ1) is 5.44. The van der Waals surface area contributed by atoms with Gasteiger partial charge in [-0.2, -0.15) is 0 Å². The zero-order valence-electron chi connectivity index (χ0n) is 8.31. The Morgan fingerprint density at radius 3 is 2.33 bits per heavy atom. The lowest BCUT2D eigenvalue weighted by atomic mass is 9.90. The Morgan fingerprint density at radius 1 is 1.50 bits per heavy atom. The van der Waals surface area contributed by atoms with E-state index in [4.69, 9.17) is 5.73 Å². The van der Waals surface area contributed by atoms with Crippen LogP contribution in [-0.2, 0) is 4.79 Å². The van der Waals surface area contributed by atoms with Crippen LogP contribution in [0.1, 0.15) is 40.0 Å². The van der Waals surface area contributed by atoms with Crippen molar-refractivity contribution in [3.05, 3.63) is 12.2 Å². The van der Waals surface area contributed by atoms with Gasteiger partial charge < -0.3 is 5.73 Å². The average Bonchev–Trinajstić information content (AvgIpc) is 2.04. The summed E-state index contributed by atoms with van der Waals surface area (Å²) in [5.74, 6) is 0.0943. The number of hydrogen-bond donors (Lipinski definition) is 1. The molecule has 0 spiro atoms. The molecule has 0 aromatic heterocycles. The third-order valence-electron chi connectivity index (χ3n) is 2.28. The molecule has 2 heteroatoms.